The fourth-order valence-electron chi connectivity index (χ4n) is 2.86. The van der Waals surface area contributed by atoms with Gasteiger partial charge < -0.3 is 66.7 Å². The second-order valence-electron chi connectivity index (χ2n) is 8.49. The average molecular weight is 603 g/mol. The van der Waals surface area contributed by atoms with E-state index in [1.54, 1.807) is 0 Å². The molecular formula is C27H54O14. The summed E-state index contributed by atoms with van der Waals surface area (Å²) in [7, 11) is 0. The molecule has 246 valence electrons. The van der Waals surface area contributed by atoms with Gasteiger partial charge in [-0.2, -0.15) is 0 Å². The Kier molecular flexibility index (Phi) is 31.8. The number of aliphatic hydroxyl groups is 1. The minimum absolute atomic E-state index is 0.0260. The van der Waals surface area contributed by atoms with E-state index in [9.17, 15) is 0 Å². The van der Waals surface area contributed by atoms with E-state index in [-0.39, 0.29) is 6.61 Å². The fourth-order valence-corrected chi connectivity index (χ4v) is 2.86. The third kappa shape index (κ3) is 33.8. The molecule has 1 atom stereocenters. The van der Waals surface area contributed by atoms with Gasteiger partial charge in [0.05, 0.1) is 172 Å². The maximum absolute atomic E-state index is 8.57. The quantitative estimate of drug-likeness (QED) is 0.0726. The number of aliphatic hydroxyl groups excluding tert-OH is 1. The summed E-state index contributed by atoms with van der Waals surface area (Å²) in [5.74, 6) is 0. The molecule has 1 heterocycles. The van der Waals surface area contributed by atoms with E-state index in [1.165, 1.54) is 0 Å². The van der Waals surface area contributed by atoms with Crippen LogP contribution < -0.4 is 0 Å². The average Bonchev–Trinajstić information content (AvgIpc) is 3.81. The third-order valence-corrected chi connectivity index (χ3v) is 5.03. The normalized spacial score (nSPS) is 14.7. The van der Waals surface area contributed by atoms with Crippen molar-refractivity contribution < 1.29 is 66.7 Å². The van der Waals surface area contributed by atoms with Crippen molar-refractivity contribution in [1.29, 1.82) is 0 Å². The monoisotopic (exact) mass is 602 g/mol. The van der Waals surface area contributed by atoms with Crippen LogP contribution in [0.15, 0.2) is 0 Å². The van der Waals surface area contributed by atoms with Crippen molar-refractivity contribution in [2.75, 3.05) is 172 Å². The van der Waals surface area contributed by atoms with Crippen molar-refractivity contribution in [3.05, 3.63) is 0 Å². The van der Waals surface area contributed by atoms with Crippen LogP contribution in [0.4, 0.5) is 0 Å². The highest BCUT2D eigenvalue weighted by Crippen LogP contribution is 2.07. The maximum atomic E-state index is 8.57. The van der Waals surface area contributed by atoms with Crippen molar-refractivity contribution in [3.8, 4) is 0 Å². The summed E-state index contributed by atoms with van der Waals surface area (Å²) in [5.41, 5.74) is 0. The molecule has 0 aliphatic carbocycles. The molecule has 0 saturated carbocycles. The molecule has 1 aliphatic rings. The second kappa shape index (κ2) is 33.9. The van der Waals surface area contributed by atoms with Crippen LogP contribution in [0.5, 0.6) is 0 Å². The van der Waals surface area contributed by atoms with Gasteiger partial charge in [-0.1, -0.05) is 0 Å². The summed E-state index contributed by atoms with van der Waals surface area (Å²) in [6.45, 7) is 13.2. The number of hydrogen-bond acceptors (Lipinski definition) is 14. The van der Waals surface area contributed by atoms with E-state index < -0.39 is 0 Å². The van der Waals surface area contributed by atoms with Crippen LogP contribution in [-0.4, -0.2) is 183 Å². The zero-order chi connectivity index (χ0) is 29.2. The minimum Gasteiger partial charge on any atom is -0.394 e. The first kappa shape index (κ1) is 38.5. The molecule has 0 spiro atoms. The third-order valence-electron chi connectivity index (χ3n) is 5.03. The SMILES string of the molecule is OCCOCCOCCOCCOCCOCCOCCOCCOCCOCCOCCOCCOCC1CO1. The maximum Gasteiger partial charge on any atom is 0.104 e. The van der Waals surface area contributed by atoms with Gasteiger partial charge in [-0.05, 0) is 0 Å². The lowest BCUT2D eigenvalue weighted by atomic mass is 10.5. The smallest absolute Gasteiger partial charge is 0.104 e. The van der Waals surface area contributed by atoms with E-state index in [4.69, 9.17) is 66.7 Å². The molecular weight excluding hydrogens is 548 g/mol. The molecule has 1 N–H and O–H groups in total. The molecule has 1 aliphatic heterocycles. The summed E-state index contributed by atoms with van der Waals surface area (Å²) < 4.78 is 69.8. The molecule has 0 aromatic rings. The lowest BCUT2D eigenvalue weighted by Gasteiger charge is -2.09. The Hall–Kier alpha value is -0.560. The van der Waals surface area contributed by atoms with Gasteiger partial charge in [-0.3, -0.25) is 0 Å². The predicted octanol–water partition coefficient (Wildman–Crippen LogP) is -0.423. The van der Waals surface area contributed by atoms with Gasteiger partial charge in [0.15, 0.2) is 0 Å². The van der Waals surface area contributed by atoms with E-state index in [2.05, 4.69) is 0 Å². The second-order valence-corrected chi connectivity index (χ2v) is 8.49. The molecule has 0 aromatic carbocycles. The van der Waals surface area contributed by atoms with Crippen molar-refractivity contribution in [1.82, 2.24) is 0 Å². The summed E-state index contributed by atoms with van der Waals surface area (Å²) in [6, 6.07) is 0. The Balaban J connectivity index is 1.58. The van der Waals surface area contributed by atoms with Gasteiger partial charge in [-0.25, -0.2) is 0 Å². The molecule has 0 radical (unpaired) electrons. The fraction of sp³-hybridized carbons (Fsp3) is 1.00. The molecule has 41 heavy (non-hydrogen) atoms. The minimum atomic E-state index is 0.0260. The molecule has 14 heteroatoms. The van der Waals surface area contributed by atoms with Crippen molar-refractivity contribution >= 4 is 0 Å². The van der Waals surface area contributed by atoms with E-state index >= 15 is 0 Å². The van der Waals surface area contributed by atoms with Crippen LogP contribution in [-0.2, 0) is 61.6 Å². The largest absolute Gasteiger partial charge is 0.394 e. The summed E-state index contributed by atoms with van der Waals surface area (Å²) in [5, 5.41) is 8.57. The topological polar surface area (TPSA) is 144 Å². The molecule has 0 amide bonds. The van der Waals surface area contributed by atoms with Gasteiger partial charge in [0.25, 0.3) is 0 Å². The van der Waals surface area contributed by atoms with Crippen molar-refractivity contribution in [2.24, 2.45) is 0 Å². The first-order valence-electron chi connectivity index (χ1n) is 14.6. The highest BCUT2D eigenvalue weighted by atomic mass is 16.6. The summed E-state index contributed by atoms with van der Waals surface area (Å²) in [6.07, 6.45) is 0.296. The molecule has 1 rings (SSSR count). The summed E-state index contributed by atoms with van der Waals surface area (Å²) in [4.78, 5) is 0. The molecule has 0 bridgehead atoms. The Bertz CT molecular complexity index is 487. The van der Waals surface area contributed by atoms with Gasteiger partial charge >= 0.3 is 0 Å². The van der Waals surface area contributed by atoms with E-state index in [0.29, 0.717) is 165 Å². The lowest BCUT2D eigenvalue weighted by molar-refractivity contribution is -0.0286. The van der Waals surface area contributed by atoms with Gasteiger partial charge in [0.2, 0.25) is 0 Å². The highest BCUT2D eigenvalue weighted by molar-refractivity contribution is 4.66. The van der Waals surface area contributed by atoms with Crippen LogP contribution in [0.25, 0.3) is 0 Å². The number of hydrogen-bond donors (Lipinski definition) is 1. The van der Waals surface area contributed by atoms with Gasteiger partial charge in [-0.15, -0.1) is 0 Å². The zero-order valence-corrected chi connectivity index (χ0v) is 24.7. The first-order chi connectivity index (χ1) is 20.4. The van der Waals surface area contributed by atoms with Crippen molar-refractivity contribution in [3.63, 3.8) is 0 Å². The number of ether oxygens (including phenoxy) is 13. The first-order valence-corrected chi connectivity index (χ1v) is 14.6. The van der Waals surface area contributed by atoms with Crippen LogP contribution in [0.3, 0.4) is 0 Å². The van der Waals surface area contributed by atoms with Crippen LogP contribution in [0.2, 0.25) is 0 Å². The lowest BCUT2D eigenvalue weighted by Crippen LogP contribution is -2.15. The molecule has 0 aromatic heterocycles. The summed E-state index contributed by atoms with van der Waals surface area (Å²) >= 11 is 0. The van der Waals surface area contributed by atoms with E-state index in [0.717, 1.165) is 6.61 Å². The van der Waals surface area contributed by atoms with Gasteiger partial charge in [0.1, 0.15) is 6.10 Å². The van der Waals surface area contributed by atoms with Crippen LogP contribution in [0, 0.1) is 0 Å². The molecule has 1 unspecified atom stereocenters. The Morgan fingerprint density at radius 2 is 0.537 bits per heavy atom. The highest BCUT2D eigenvalue weighted by Gasteiger charge is 2.21. The van der Waals surface area contributed by atoms with Crippen LogP contribution in [0.1, 0.15) is 0 Å². The Morgan fingerprint density at radius 1 is 0.341 bits per heavy atom. The number of epoxide rings is 1. The van der Waals surface area contributed by atoms with Crippen LogP contribution >= 0.6 is 0 Å². The molecule has 14 nitrogen and oxygen atoms in total. The Labute approximate surface area is 244 Å². The zero-order valence-electron chi connectivity index (χ0n) is 24.7. The van der Waals surface area contributed by atoms with Gasteiger partial charge in [0, 0.05) is 0 Å². The van der Waals surface area contributed by atoms with Crippen molar-refractivity contribution in [2.45, 2.75) is 6.10 Å². The number of rotatable bonds is 37. The molecule has 1 fully saturated rings. The standard InChI is InChI=1S/C27H54O14/c28-1-2-29-3-4-30-5-6-31-7-8-32-9-10-33-11-12-34-13-14-35-15-16-36-17-18-37-19-20-38-21-22-39-23-24-40-25-27-26-41-27/h27-28H,1-26H2. The predicted molar refractivity (Wildman–Crippen MR) is 147 cm³/mol. The van der Waals surface area contributed by atoms with E-state index in [1.807, 2.05) is 0 Å². The molecule has 1 saturated heterocycles. The Morgan fingerprint density at radius 3 is 0.732 bits per heavy atom.